The highest BCUT2D eigenvalue weighted by Gasteiger charge is 2.20. The molecule has 0 bridgehead atoms. The molecule has 17 heavy (non-hydrogen) atoms. The summed E-state index contributed by atoms with van der Waals surface area (Å²) in [6.07, 6.45) is 7.76. The molecule has 0 aliphatic carbocycles. The summed E-state index contributed by atoms with van der Waals surface area (Å²) in [6.45, 7) is 5.40. The summed E-state index contributed by atoms with van der Waals surface area (Å²) in [6, 6.07) is 0.0664. The Morgan fingerprint density at radius 3 is 3.18 bits per heavy atom. The predicted molar refractivity (Wildman–Crippen MR) is 65.6 cm³/mol. The Morgan fingerprint density at radius 2 is 2.47 bits per heavy atom. The Morgan fingerprint density at radius 1 is 1.59 bits per heavy atom. The van der Waals surface area contributed by atoms with E-state index in [1.54, 1.807) is 12.5 Å². The molecule has 0 spiro atoms. The maximum Gasteiger partial charge on any atom is 0.317 e. The number of carbonyl (C=O) groups is 1. The third-order valence-electron chi connectivity index (χ3n) is 3.15. The van der Waals surface area contributed by atoms with Crippen LogP contribution >= 0.6 is 0 Å². The first kappa shape index (κ1) is 12.0. The summed E-state index contributed by atoms with van der Waals surface area (Å²) in [7, 11) is 0. The van der Waals surface area contributed by atoms with Crippen LogP contribution in [0.5, 0.6) is 0 Å². The van der Waals surface area contributed by atoms with E-state index < -0.39 is 0 Å². The molecule has 1 N–H and O–H groups in total. The average Bonchev–Trinajstić information content (AvgIpc) is 2.82. The minimum atomic E-state index is 0.0664. The normalized spacial score (nSPS) is 20.3. The van der Waals surface area contributed by atoms with Crippen molar-refractivity contribution in [2.45, 2.75) is 26.3 Å². The maximum absolute atomic E-state index is 11.9. The van der Waals surface area contributed by atoms with E-state index in [9.17, 15) is 4.79 Å². The van der Waals surface area contributed by atoms with Crippen LogP contribution < -0.4 is 5.32 Å². The molecule has 1 unspecified atom stereocenters. The number of nitrogens with zero attached hydrogens (tertiary/aromatic N) is 3. The summed E-state index contributed by atoms with van der Waals surface area (Å²) < 4.78 is 1.96. The van der Waals surface area contributed by atoms with Crippen LogP contribution in [0, 0.1) is 5.92 Å². The number of hydrogen-bond acceptors (Lipinski definition) is 2. The number of aromatic nitrogens is 2. The quantitative estimate of drug-likeness (QED) is 0.860. The van der Waals surface area contributed by atoms with Crippen LogP contribution in [-0.2, 0) is 6.54 Å². The van der Waals surface area contributed by atoms with Gasteiger partial charge in [0.25, 0.3) is 0 Å². The molecule has 1 fully saturated rings. The van der Waals surface area contributed by atoms with Crippen molar-refractivity contribution in [3.05, 3.63) is 18.7 Å². The Bertz CT molecular complexity index is 349. The van der Waals surface area contributed by atoms with E-state index in [4.69, 9.17) is 0 Å². The van der Waals surface area contributed by atoms with E-state index in [0.717, 1.165) is 26.1 Å². The molecule has 2 heterocycles. The van der Waals surface area contributed by atoms with Crippen molar-refractivity contribution in [1.29, 1.82) is 0 Å². The van der Waals surface area contributed by atoms with Gasteiger partial charge in [-0.2, -0.15) is 0 Å². The Balaban J connectivity index is 1.70. The summed E-state index contributed by atoms with van der Waals surface area (Å²) in [4.78, 5) is 17.7. The van der Waals surface area contributed by atoms with Gasteiger partial charge in [0.2, 0.25) is 0 Å². The van der Waals surface area contributed by atoms with Gasteiger partial charge in [-0.05, 0) is 18.8 Å². The van der Waals surface area contributed by atoms with Crippen LogP contribution in [0.2, 0.25) is 0 Å². The van der Waals surface area contributed by atoms with Gasteiger partial charge in [0.15, 0.2) is 0 Å². The summed E-state index contributed by atoms with van der Waals surface area (Å²) in [5, 5.41) is 2.95. The molecule has 2 amide bonds. The lowest BCUT2D eigenvalue weighted by molar-refractivity contribution is 0.169. The lowest BCUT2D eigenvalue weighted by Crippen LogP contribution is -2.45. The van der Waals surface area contributed by atoms with Crippen LogP contribution in [-0.4, -0.2) is 40.1 Å². The molecular formula is C12H20N4O. The zero-order chi connectivity index (χ0) is 12.1. The van der Waals surface area contributed by atoms with Crippen LogP contribution in [0.15, 0.2) is 18.7 Å². The minimum absolute atomic E-state index is 0.0664. The SMILES string of the molecule is CC1CCCN(C(=O)NCCn2ccnc2)C1. The number of likely N-dealkylation sites (tertiary alicyclic amines) is 1. The van der Waals surface area contributed by atoms with E-state index in [1.165, 1.54) is 6.42 Å². The van der Waals surface area contributed by atoms with Gasteiger partial charge >= 0.3 is 6.03 Å². The molecule has 1 aliphatic heterocycles. The van der Waals surface area contributed by atoms with Crippen molar-refractivity contribution in [3.63, 3.8) is 0 Å². The molecule has 5 heteroatoms. The van der Waals surface area contributed by atoms with Gasteiger partial charge < -0.3 is 14.8 Å². The van der Waals surface area contributed by atoms with Crippen molar-refractivity contribution >= 4 is 6.03 Å². The van der Waals surface area contributed by atoms with Crippen molar-refractivity contribution in [2.75, 3.05) is 19.6 Å². The number of hydrogen-bond donors (Lipinski definition) is 1. The van der Waals surface area contributed by atoms with Gasteiger partial charge in [-0.3, -0.25) is 0 Å². The zero-order valence-electron chi connectivity index (χ0n) is 10.3. The first-order valence-corrected chi connectivity index (χ1v) is 6.24. The van der Waals surface area contributed by atoms with E-state index in [1.807, 2.05) is 15.7 Å². The standard InChI is InChI=1S/C12H20N4O/c1-11-3-2-6-16(9-11)12(17)14-5-8-15-7-4-13-10-15/h4,7,10-11H,2-3,5-6,8-9H2,1H3,(H,14,17). The van der Waals surface area contributed by atoms with E-state index in [2.05, 4.69) is 17.2 Å². The second-order valence-corrected chi connectivity index (χ2v) is 4.73. The number of imidazole rings is 1. The third-order valence-corrected chi connectivity index (χ3v) is 3.15. The molecular weight excluding hydrogens is 216 g/mol. The van der Waals surface area contributed by atoms with Crippen LogP contribution in [0.3, 0.4) is 0 Å². The van der Waals surface area contributed by atoms with Gasteiger partial charge in [0.05, 0.1) is 6.33 Å². The van der Waals surface area contributed by atoms with Gasteiger partial charge in [-0.1, -0.05) is 6.92 Å². The van der Waals surface area contributed by atoms with Crippen molar-refractivity contribution in [3.8, 4) is 0 Å². The molecule has 1 aliphatic rings. The summed E-state index contributed by atoms with van der Waals surface area (Å²) in [5.74, 6) is 0.628. The molecule has 0 saturated carbocycles. The lowest BCUT2D eigenvalue weighted by atomic mass is 10.0. The second kappa shape index (κ2) is 5.70. The van der Waals surface area contributed by atoms with Crippen molar-refractivity contribution < 1.29 is 4.79 Å². The number of nitrogens with one attached hydrogen (secondary N) is 1. The van der Waals surface area contributed by atoms with Gasteiger partial charge in [0.1, 0.15) is 0 Å². The first-order chi connectivity index (χ1) is 8.25. The maximum atomic E-state index is 11.9. The number of urea groups is 1. The molecule has 0 radical (unpaired) electrons. The molecule has 1 atom stereocenters. The van der Waals surface area contributed by atoms with E-state index in [-0.39, 0.29) is 6.03 Å². The summed E-state index contributed by atoms with van der Waals surface area (Å²) in [5.41, 5.74) is 0. The minimum Gasteiger partial charge on any atom is -0.336 e. The topological polar surface area (TPSA) is 50.2 Å². The molecule has 1 aromatic heterocycles. The third kappa shape index (κ3) is 3.47. The number of piperidine rings is 1. The smallest absolute Gasteiger partial charge is 0.317 e. The number of rotatable bonds is 3. The molecule has 0 aromatic carbocycles. The molecule has 1 saturated heterocycles. The van der Waals surface area contributed by atoms with Gasteiger partial charge in [-0.25, -0.2) is 9.78 Å². The van der Waals surface area contributed by atoms with Crippen LogP contribution in [0.1, 0.15) is 19.8 Å². The predicted octanol–water partition coefficient (Wildman–Crippen LogP) is 1.32. The largest absolute Gasteiger partial charge is 0.336 e. The molecule has 5 nitrogen and oxygen atoms in total. The summed E-state index contributed by atoms with van der Waals surface area (Å²) >= 11 is 0. The fraction of sp³-hybridized carbons (Fsp3) is 0.667. The fourth-order valence-electron chi connectivity index (χ4n) is 2.20. The Labute approximate surface area is 102 Å². The first-order valence-electron chi connectivity index (χ1n) is 6.24. The number of carbonyl (C=O) groups excluding carboxylic acids is 1. The van der Waals surface area contributed by atoms with Gasteiger partial charge in [-0.15, -0.1) is 0 Å². The van der Waals surface area contributed by atoms with E-state index >= 15 is 0 Å². The highest BCUT2D eigenvalue weighted by Crippen LogP contribution is 2.14. The van der Waals surface area contributed by atoms with Gasteiger partial charge in [0, 0.05) is 38.6 Å². The van der Waals surface area contributed by atoms with Crippen molar-refractivity contribution in [1.82, 2.24) is 19.8 Å². The fourth-order valence-corrected chi connectivity index (χ4v) is 2.20. The van der Waals surface area contributed by atoms with Crippen molar-refractivity contribution in [2.24, 2.45) is 5.92 Å². The van der Waals surface area contributed by atoms with E-state index in [0.29, 0.717) is 12.5 Å². The number of amides is 2. The molecule has 1 aromatic rings. The van der Waals surface area contributed by atoms with Crippen LogP contribution in [0.25, 0.3) is 0 Å². The Kier molecular flexibility index (Phi) is 4.01. The second-order valence-electron chi connectivity index (χ2n) is 4.73. The molecule has 94 valence electrons. The monoisotopic (exact) mass is 236 g/mol. The highest BCUT2D eigenvalue weighted by atomic mass is 16.2. The lowest BCUT2D eigenvalue weighted by Gasteiger charge is -2.30. The van der Waals surface area contributed by atoms with Crippen LogP contribution in [0.4, 0.5) is 4.79 Å². The molecule has 2 rings (SSSR count). The Hall–Kier alpha value is -1.52. The average molecular weight is 236 g/mol. The zero-order valence-corrected chi connectivity index (χ0v) is 10.3. The highest BCUT2D eigenvalue weighted by molar-refractivity contribution is 5.74.